The fraction of sp³-hybridized carbons (Fsp3) is 0.188. The Labute approximate surface area is 121 Å². The van der Waals surface area contributed by atoms with Gasteiger partial charge in [0.25, 0.3) is 5.91 Å². The lowest BCUT2D eigenvalue weighted by atomic mass is 10.1. The molecule has 2 aromatic rings. The number of hydrogen-bond acceptors (Lipinski definition) is 3. The zero-order valence-electron chi connectivity index (χ0n) is 11.4. The smallest absolute Gasteiger partial charge is 0.265 e. The molecule has 108 valence electrons. The third-order valence-corrected chi connectivity index (χ3v) is 3.49. The molecule has 0 fully saturated rings. The van der Waals surface area contributed by atoms with Crippen molar-refractivity contribution < 1.29 is 13.9 Å². The third kappa shape index (κ3) is 2.60. The van der Waals surface area contributed by atoms with Gasteiger partial charge in [0, 0.05) is 12.1 Å². The Balaban J connectivity index is 1.99. The van der Waals surface area contributed by atoms with E-state index >= 15 is 0 Å². The highest BCUT2D eigenvalue weighted by atomic mass is 19.1. The lowest BCUT2D eigenvalue weighted by molar-refractivity contribution is -0.121. The minimum absolute atomic E-state index is 0.0383. The Morgan fingerprint density at radius 2 is 2.05 bits per heavy atom. The molecule has 2 N–H and O–H groups in total. The molecule has 0 unspecified atom stereocenters. The van der Waals surface area contributed by atoms with Gasteiger partial charge in [-0.15, -0.1) is 0 Å². The SMILES string of the molecule is NCc1ccc2c(c1)N(Cc1ccccc1F)C(=O)CO2. The molecule has 0 aliphatic carbocycles. The average molecular weight is 286 g/mol. The number of carbonyl (C=O) groups excluding carboxylic acids is 1. The van der Waals surface area contributed by atoms with Crippen molar-refractivity contribution in [2.24, 2.45) is 5.73 Å². The van der Waals surface area contributed by atoms with Crippen molar-refractivity contribution in [3.05, 3.63) is 59.4 Å². The Morgan fingerprint density at radius 1 is 1.24 bits per heavy atom. The van der Waals surface area contributed by atoms with Crippen molar-refractivity contribution in [2.45, 2.75) is 13.1 Å². The fourth-order valence-electron chi connectivity index (χ4n) is 2.34. The highest BCUT2D eigenvalue weighted by Crippen LogP contribution is 2.34. The summed E-state index contributed by atoms with van der Waals surface area (Å²) in [5, 5.41) is 0. The second kappa shape index (κ2) is 5.54. The van der Waals surface area contributed by atoms with Gasteiger partial charge in [-0.25, -0.2) is 4.39 Å². The number of fused-ring (bicyclic) bond motifs is 1. The molecule has 1 aliphatic heterocycles. The third-order valence-electron chi connectivity index (χ3n) is 3.49. The standard InChI is InChI=1S/C16H15FN2O2/c17-13-4-2-1-3-12(13)9-19-14-7-11(8-18)5-6-15(14)21-10-16(19)20/h1-7H,8-10,18H2. The molecule has 3 rings (SSSR count). The van der Waals surface area contributed by atoms with Crippen LogP contribution in [-0.4, -0.2) is 12.5 Å². The minimum Gasteiger partial charge on any atom is -0.482 e. The second-order valence-corrected chi connectivity index (χ2v) is 4.87. The van der Waals surface area contributed by atoms with Crippen molar-refractivity contribution in [3.63, 3.8) is 0 Å². The van der Waals surface area contributed by atoms with Gasteiger partial charge in [0.2, 0.25) is 0 Å². The zero-order chi connectivity index (χ0) is 14.8. The number of anilines is 1. The first-order valence-electron chi connectivity index (χ1n) is 6.68. The van der Waals surface area contributed by atoms with E-state index in [1.54, 1.807) is 24.3 Å². The van der Waals surface area contributed by atoms with Crippen LogP contribution in [0, 0.1) is 5.82 Å². The van der Waals surface area contributed by atoms with E-state index in [0.717, 1.165) is 5.56 Å². The molecule has 0 saturated heterocycles. The Kier molecular flexibility index (Phi) is 3.58. The van der Waals surface area contributed by atoms with Crippen LogP contribution in [0.4, 0.5) is 10.1 Å². The highest BCUT2D eigenvalue weighted by Gasteiger charge is 2.26. The molecule has 0 radical (unpaired) electrons. The Bertz CT molecular complexity index is 688. The summed E-state index contributed by atoms with van der Waals surface area (Å²) in [4.78, 5) is 13.7. The van der Waals surface area contributed by atoms with Crippen molar-refractivity contribution in [2.75, 3.05) is 11.5 Å². The number of rotatable bonds is 3. The molecule has 0 saturated carbocycles. The predicted octanol–water partition coefficient (Wildman–Crippen LogP) is 2.21. The molecular weight excluding hydrogens is 271 g/mol. The van der Waals surface area contributed by atoms with E-state index in [4.69, 9.17) is 10.5 Å². The maximum atomic E-state index is 13.8. The molecule has 4 nitrogen and oxygen atoms in total. The first kappa shape index (κ1) is 13.6. The summed E-state index contributed by atoms with van der Waals surface area (Å²) in [5.74, 6) is 0.0939. The number of amides is 1. The molecule has 21 heavy (non-hydrogen) atoms. The van der Waals surface area contributed by atoms with Gasteiger partial charge in [-0.3, -0.25) is 4.79 Å². The van der Waals surface area contributed by atoms with E-state index in [1.807, 2.05) is 12.1 Å². The summed E-state index contributed by atoms with van der Waals surface area (Å²) >= 11 is 0. The van der Waals surface area contributed by atoms with Crippen molar-refractivity contribution >= 4 is 11.6 Å². The molecule has 1 heterocycles. The summed E-state index contributed by atoms with van der Waals surface area (Å²) in [5.41, 5.74) is 7.64. The van der Waals surface area contributed by atoms with Crippen LogP contribution in [0.2, 0.25) is 0 Å². The highest BCUT2D eigenvalue weighted by molar-refractivity contribution is 5.97. The van der Waals surface area contributed by atoms with Gasteiger partial charge < -0.3 is 15.4 Å². The Morgan fingerprint density at radius 3 is 2.81 bits per heavy atom. The molecule has 0 bridgehead atoms. The van der Waals surface area contributed by atoms with E-state index < -0.39 is 0 Å². The van der Waals surface area contributed by atoms with Crippen molar-refractivity contribution in [3.8, 4) is 5.75 Å². The van der Waals surface area contributed by atoms with Crippen LogP contribution >= 0.6 is 0 Å². The quantitative estimate of drug-likeness (QED) is 0.941. The van der Waals surface area contributed by atoms with E-state index in [-0.39, 0.29) is 24.9 Å². The van der Waals surface area contributed by atoms with Gasteiger partial charge in [-0.1, -0.05) is 24.3 Å². The number of carbonyl (C=O) groups is 1. The summed E-state index contributed by atoms with van der Waals surface area (Å²) < 4.78 is 19.2. The summed E-state index contributed by atoms with van der Waals surface area (Å²) in [6, 6.07) is 11.9. The van der Waals surface area contributed by atoms with E-state index in [1.165, 1.54) is 11.0 Å². The molecule has 1 amide bonds. The number of nitrogens with zero attached hydrogens (tertiary/aromatic N) is 1. The van der Waals surface area contributed by atoms with Crippen LogP contribution in [0.15, 0.2) is 42.5 Å². The average Bonchev–Trinajstić information content (AvgIpc) is 2.51. The van der Waals surface area contributed by atoms with E-state index in [0.29, 0.717) is 23.5 Å². The Hall–Kier alpha value is -2.40. The number of ether oxygens (including phenoxy) is 1. The molecule has 0 aromatic heterocycles. The normalized spacial score (nSPS) is 13.8. The van der Waals surface area contributed by atoms with E-state index in [9.17, 15) is 9.18 Å². The summed E-state index contributed by atoms with van der Waals surface area (Å²) in [6.45, 7) is 0.508. The first-order chi connectivity index (χ1) is 10.2. The molecule has 0 atom stereocenters. The van der Waals surface area contributed by atoms with Gasteiger partial charge in [0.05, 0.1) is 12.2 Å². The fourth-order valence-corrected chi connectivity index (χ4v) is 2.34. The van der Waals surface area contributed by atoms with Crippen LogP contribution in [0.1, 0.15) is 11.1 Å². The van der Waals surface area contributed by atoms with Crippen LogP contribution in [0.25, 0.3) is 0 Å². The summed E-state index contributed by atoms with van der Waals surface area (Å²) in [7, 11) is 0. The predicted molar refractivity (Wildman–Crippen MR) is 77.4 cm³/mol. The van der Waals surface area contributed by atoms with Crippen LogP contribution in [0.5, 0.6) is 5.75 Å². The largest absolute Gasteiger partial charge is 0.482 e. The first-order valence-corrected chi connectivity index (χ1v) is 6.68. The van der Waals surface area contributed by atoms with Crippen LogP contribution in [0.3, 0.4) is 0 Å². The number of nitrogens with two attached hydrogens (primary N) is 1. The maximum Gasteiger partial charge on any atom is 0.265 e. The monoisotopic (exact) mass is 286 g/mol. The van der Waals surface area contributed by atoms with Gasteiger partial charge in [-0.2, -0.15) is 0 Å². The minimum atomic E-state index is -0.326. The second-order valence-electron chi connectivity index (χ2n) is 4.87. The van der Waals surface area contributed by atoms with Gasteiger partial charge >= 0.3 is 0 Å². The van der Waals surface area contributed by atoms with Crippen LogP contribution < -0.4 is 15.4 Å². The molecule has 5 heteroatoms. The van der Waals surface area contributed by atoms with Crippen LogP contribution in [-0.2, 0) is 17.9 Å². The van der Waals surface area contributed by atoms with Gasteiger partial charge in [0.1, 0.15) is 11.6 Å². The van der Waals surface area contributed by atoms with Crippen molar-refractivity contribution in [1.82, 2.24) is 0 Å². The zero-order valence-corrected chi connectivity index (χ0v) is 11.4. The number of hydrogen-bond donors (Lipinski definition) is 1. The molecule has 2 aromatic carbocycles. The van der Waals surface area contributed by atoms with Gasteiger partial charge in [-0.05, 0) is 23.8 Å². The number of benzene rings is 2. The summed E-state index contributed by atoms with van der Waals surface area (Å²) in [6.07, 6.45) is 0. The van der Waals surface area contributed by atoms with Crippen molar-refractivity contribution in [1.29, 1.82) is 0 Å². The number of halogens is 1. The lowest BCUT2D eigenvalue weighted by Crippen LogP contribution is -2.38. The topological polar surface area (TPSA) is 55.6 Å². The maximum absolute atomic E-state index is 13.8. The molecular formula is C16H15FN2O2. The lowest BCUT2D eigenvalue weighted by Gasteiger charge is -2.30. The molecule has 1 aliphatic rings. The molecule has 0 spiro atoms. The van der Waals surface area contributed by atoms with Gasteiger partial charge in [0.15, 0.2) is 6.61 Å². The van der Waals surface area contributed by atoms with E-state index in [2.05, 4.69) is 0 Å².